The summed E-state index contributed by atoms with van der Waals surface area (Å²) in [4.78, 5) is 14.2. The second-order valence-electron chi connectivity index (χ2n) is 10.1. The van der Waals surface area contributed by atoms with E-state index >= 15 is 0 Å². The number of nitriles is 1. The van der Waals surface area contributed by atoms with Gasteiger partial charge in [0.15, 0.2) is 5.82 Å². The minimum absolute atomic E-state index is 0.0562. The number of imidazole rings is 1. The third-order valence-corrected chi connectivity index (χ3v) is 7.51. The molecule has 4 aromatic rings. The van der Waals surface area contributed by atoms with E-state index in [0.717, 1.165) is 52.9 Å². The van der Waals surface area contributed by atoms with Crippen molar-refractivity contribution in [3.8, 4) is 34.4 Å². The number of aliphatic hydroxyl groups is 1. The third kappa shape index (κ3) is 3.68. The summed E-state index contributed by atoms with van der Waals surface area (Å²) in [6, 6.07) is 16.3. The molecule has 1 N–H and O–H groups in total. The molecule has 0 radical (unpaired) electrons. The summed E-state index contributed by atoms with van der Waals surface area (Å²) in [6.45, 7) is 4.23. The summed E-state index contributed by atoms with van der Waals surface area (Å²) in [5.41, 5.74) is 5.83. The van der Waals surface area contributed by atoms with E-state index in [1.54, 1.807) is 0 Å². The molecular weight excluding hydrogens is 450 g/mol. The lowest BCUT2D eigenvalue weighted by atomic mass is 9.91. The number of aromatic nitrogens is 4. The fraction of sp³-hybridized carbons (Fsp3) is 0.321. The van der Waals surface area contributed by atoms with Gasteiger partial charge in [-0.2, -0.15) is 5.26 Å². The molecule has 0 aliphatic carbocycles. The summed E-state index contributed by atoms with van der Waals surface area (Å²) in [5, 5.41) is 19.8. The van der Waals surface area contributed by atoms with Crippen molar-refractivity contribution in [2.75, 3.05) is 32.1 Å². The Morgan fingerprint density at radius 2 is 1.89 bits per heavy atom. The predicted molar refractivity (Wildman–Crippen MR) is 139 cm³/mol. The van der Waals surface area contributed by atoms with E-state index in [9.17, 15) is 5.11 Å². The topological polar surface area (TPSA) is 86.1 Å². The molecule has 0 bridgehead atoms. The van der Waals surface area contributed by atoms with E-state index in [1.807, 2.05) is 50.8 Å². The first-order valence-electron chi connectivity index (χ1n) is 12.3. The van der Waals surface area contributed by atoms with E-state index in [1.165, 1.54) is 0 Å². The number of aliphatic hydroxyl groups excluding tert-OH is 1. The number of benzene rings is 1. The van der Waals surface area contributed by atoms with Crippen molar-refractivity contribution in [1.29, 1.82) is 5.26 Å². The zero-order valence-corrected chi connectivity index (χ0v) is 20.7. The fourth-order valence-electron chi connectivity index (χ4n) is 5.47. The van der Waals surface area contributed by atoms with Gasteiger partial charge in [-0.05, 0) is 50.0 Å². The van der Waals surface area contributed by atoms with Crippen LogP contribution in [0, 0.1) is 17.2 Å². The van der Waals surface area contributed by atoms with Crippen molar-refractivity contribution in [3.05, 3.63) is 72.3 Å². The van der Waals surface area contributed by atoms with Crippen molar-refractivity contribution in [3.63, 3.8) is 0 Å². The van der Waals surface area contributed by atoms with E-state index in [0.29, 0.717) is 12.1 Å². The van der Waals surface area contributed by atoms with Gasteiger partial charge < -0.3 is 19.5 Å². The Kier molecular flexibility index (Phi) is 5.40. The number of nitrogens with zero attached hydrogens (tertiary/aromatic N) is 7. The lowest BCUT2D eigenvalue weighted by Gasteiger charge is -2.43. The average molecular weight is 480 g/mol. The van der Waals surface area contributed by atoms with Crippen LogP contribution in [0.3, 0.4) is 0 Å². The highest BCUT2D eigenvalue weighted by Crippen LogP contribution is 2.35. The number of hydrogen-bond donors (Lipinski definition) is 1. The maximum atomic E-state index is 10.7. The van der Waals surface area contributed by atoms with Crippen LogP contribution in [0.15, 0.2) is 61.1 Å². The number of piperidine rings is 1. The molecule has 36 heavy (non-hydrogen) atoms. The number of hydrogen-bond acceptors (Lipinski definition) is 6. The molecule has 1 aromatic carbocycles. The van der Waals surface area contributed by atoms with Gasteiger partial charge in [-0.3, -0.25) is 4.57 Å². The van der Waals surface area contributed by atoms with Crippen LogP contribution in [0.4, 0.5) is 5.82 Å². The number of likely N-dealkylation sites (N-methyl/N-ethyl adjacent to an activating group) is 1. The zero-order valence-electron chi connectivity index (χ0n) is 20.7. The number of fused-ring (bicyclic) bond motifs is 5. The Morgan fingerprint density at radius 3 is 2.64 bits per heavy atom. The molecule has 2 aliphatic rings. The van der Waals surface area contributed by atoms with Crippen LogP contribution in [0.1, 0.15) is 18.2 Å². The Labute approximate surface area is 210 Å². The molecule has 3 aromatic heterocycles. The Bertz CT molecular complexity index is 1460. The van der Waals surface area contributed by atoms with Crippen LogP contribution in [0.25, 0.3) is 28.3 Å². The highest BCUT2D eigenvalue weighted by Gasteiger charge is 2.35. The van der Waals surface area contributed by atoms with Gasteiger partial charge in [-0.15, -0.1) is 0 Å². The fourth-order valence-corrected chi connectivity index (χ4v) is 5.47. The maximum Gasteiger partial charge on any atom is 0.161 e. The molecule has 0 amide bonds. The lowest BCUT2D eigenvalue weighted by molar-refractivity contribution is 0.0240. The van der Waals surface area contributed by atoms with Crippen LogP contribution in [0.2, 0.25) is 0 Å². The van der Waals surface area contributed by atoms with Crippen LogP contribution in [0.5, 0.6) is 0 Å². The molecule has 182 valence electrons. The van der Waals surface area contributed by atoms with Crippen LogP contribution < -0.4 is 4.90 Å². The molecule has 1 saturated heterocycles. The van der Waals surface area contributed by atoms with Gasteiger partial charge in [0.1, 0.15) is 5.82 Å². The molecule has 5 heterocycles. The van der Waals surface area contributed by atoms with E-state index < -0.39 is 0 Å². The summed E-state index contributed by atoms with van der Waals surface area (Å²) in [6.07, 6.45) is 5.60. The van der Waals surface area contributed by atoms with Gasteiger partial charge in [0.25, 0.3) is 0 Å². The van der Waals surface area contributed by atoms with E-state index in [-0.39, 0.29) is 18.1 Å². The zero-order chi connectivity index (χ0) is 25.0. The minimum Gasteiger partial charge on any atom is -0.391 e. The SMILES string of the molecule is CC1CN(c2ccc3c(n2)Cn2cc(-c4ccc(C#N)cc4)cc2-c2nccn2-3)C[C@H](N(C)C)[C@H]1O. The molecule has 2 aliphatic heterocycles. The molecule has 1 fully saturated rings. The van der Waals surface area contributed by atoms with Gasteiger partial charge >= 0.3 is 0 Å². The number of pyridine rings is 1. The molecule has 8 nitrogen and oxygen atoms in total. The van der Waals surface area contributed by atoms with Crippen molar-refractivity contribution in [1.82, 2.24) is 24.0 Å². The van der Waals surface area contributed by atoms with Gasteiger partial charge in [0.2, 0.25) is 0 Å². The molecule has 3 atom stereocenters. The molecule has 6 rings (SSSR count). The molecule has 0 spiro atoms. The normalized spacial score (nSPS) is 20.9. The van der Waals surface area contributed by atoms with Gasteiger partial charge in [0, 0.05) is 43.2 Å². The Hall–Kier alpha value is -3.93. The molecule has 8 heteroatoms. The molecule has 0 saturated carbocycles. The highest BCUT2D eigenvalue weighted by atomic mass is 16.3. The predicted octanol–water partition coefficient (Wildman–Crippen LogP) is 3.38. The summed E-state index contributed by atoms with van der Waals surface area (Å²) < 4.78 is 4.32. The first-order chi connectivity index (χ1) is 17.4. The van der Waals surface area contributed by atoms with Crippen molar-refractivity contribution >= 4 is 5.82 Å². The third-order valence-electron chi connectivity index (χ3n) is 7.51. The molecular formula is C28H29N7O. The second kappa shape index (κ2) is 8.63. The second-order valence-corrected chi connectivity index (χ2v) is 10.1. The molecule has 1 unspecified atom stereocenters. The van der Waals surface area contributed by atoms with Crippen LogP contribution in [-0.4, -0.2) is 68.4 Å². The Balaban J connectivity index is 1.39. The largest absolute Gasteiger partial charge is 0.391 e. The van der Waals surface area contributed by atoms with Crippen LogP contribution >= 0.6 is 0 Å². The van der Waals surface area contributed by atoms with Gasteiger partial charge in [0.05, 0.1) is 47.4 Å². The first kappa shape index (κ1) is 22.5. The Morgan fingerprint density at radius 1 is 1.08 bits per heavy atom. The van der Waals surface area contributed by atoms with Crippen molar-refractivity contribution in [2.24, 2.45) is 5.92 Å². The first-order valence-corrected chi connectivity index (χ1v) is 12.3. The van der Waals surface area contributed by atoms with E-state index in [4.69, 9.17) is 10.2 Å². The lowest BCUT2D eigenvalue weighted by Crippen LogP contribution is -2.57. The standard InChI is InChI=1S/C28H29N7O/c1-18-14-34(17-25(27(18)36)32(2)3)26-9-8-23-22(31-26)16-33-15-21(20-6-4-19(13-29)5-7-20)12-24(33)28-30-10-11-35(23)28/h4-12,15,18,25,27,36H,14,16-17H2,1-3H3/t18?,25-,27-/m0/s1. The summed E-state index contributed by atoms with van der Waals surface area (Å²) >= 11 is 0. The highest BCUT2D eigenvalue weighted by molar-refractivity contribution is 5.72. The monoisotopic (exact) mass is 479 g/mol. The minimum atomic E-state index is -0.353. The number of rotatable bonds is 3. The summed E-state index contributed by atoms with van der Waals surface area (Å²) in [5.74, 6) is 1.97. The van der Waals surface area contributed by atoms with Gasteiger partial charge in [-0.25, -0.2) is 9.97 Å². The van der Waals surface area contributed by atoms with Crippen molar-refractivity contribution in [2.45, 2.75) is 25.6 Å². The smallest absolute Gasteiger partial charge is 0.161 e. The van der Waals surface area contributed by atoms with E-state index in [2.05, 4.69) is 61.3 Å². The van der Waals surface area contributed by atoms with Gasteiger partial charge in [-0.1, -0.05) is 19.1 Å². The number of anilines is 1. The quantitative estimate of drug-likeness (QED) is 0.427. The van der Waals surface area contributed by atoms with Crippen LogP contribution in [-0.2, 0) is 6.54 Å². The summed E-state index contributed by atoms with van der Waals surface area (Å²) in [7, 11) is 4.04. The van der Waals surface area contributed by atoms with Crippen molar-refractivity contribution < 1.29 is 5.11 Å². The maximum absolute atomic E-state index is 10.7. The average Bonchev–Trinajstić information content (AvgIpc) is 3.50.